The molecule has 24 heavy (non-hydrogen) atoms. The monoisotopic (exact) mass is 343 g/mol. The van der Waals surface area contributed by atoms with E-state index >= 15 is 0 Å². The number of ether oxygens (including phenoxy) is 1. The third-order valence-corrected chi connectivity index (χ3v) is 3.55. The van der Waals surface area contributed by atoms with Crippen LogP contribution < -0.4 is 4.74 Å². The highest BCUT2D eigenvalue weighted by molar-refractivity contribution is 6.32. The van der Waals surface area contributed by atoms with E-state index in [9.17, 15) is 0 Å². The Balaban J connectivity index is 1.90. The summed E-state index contributed by atoms with van der Waals surface area (Å²) < 4.78 is 11.1. The molecule has 0 saturated carbocycles. The fraction of sp³-hybridized carbons (Fsp3) is 0.118. The van der Waals surface area contributed by atoms with Crippen LogP contribution in [0.4, 0.5) is 0 Å². The molecule has 2 aromatic carbocycles. The molecule has 0 aliphatic rings. The van der Waals surface area contributed by atoms with Crippen LogP contribution in [-0.2, 0) is 11.4 Å². The van der Waals surface area contributed by atoms with E-state index in [4.69, 9.17) is 25.6 Å². The molecule has 0 spiro atoms. The van der Waals surface area contributed by atoms with Crippen molar-refractivity contribution in [2.24, 2.45) is 5.16 Å². The SMILES string of the molecule is CO/N=C(/c1nnco1)c1ccccc1COc1ccccc1Cl. The fourth-order valence-corrected chi connectivity index (χ4v) is 2.36. The molecule has 0 atom stereocenters. The number of benzene rings is 2. The van der Waals surface area contributed by atoms with Gasteiger partial charge in [-0.3, -0.25) is 0 Å². The molecule has 1 aromatic heterocycles. The number of oxime groups is 1. The summed E-state index contributed by atoms with van der Waals surface area (Å²) in [5, 5.41) is 12.1. The first kappa shape index (κ1) is 16.0. The molecule has 0 N–H and O–H groups in total. The third-order valence-electron chi connectivity index (χ3n) is 3.24. The quantitative estimate of drug-likeness (QED) is 0.504. The van der Waals surface area contributed by atoms with Gasteiger partial charge in [0.15, 0.2) is 5.71 Å². The van der Waals surface area contributed by atoms with Gasteiger partial charge in [-0.1, -0.05) is 53.2 Å². The summed E-state index contributed by atoms with van der Waals surface area (Å²) in [6, 6.07) is 14.9. The van der Waals surface area contributed by atoms with Crippen molar-refractivity contribution in [3.05, 3.63) is 77.0 Å². The van der Waals surface area contributed by atoms with E-state index < -0.39 is 0 Å². The standard InChI is InChI=1S/C17H14ClN3O3/c1-22-21-16(17-20-19-11-24-17)13-7-3-2-6-12(13)10-23-15-9-5-4-8-14(15)18/h2-9,11H,10H2,1H3/b21-16+. The van der Waals surface area contributed by atoms with Crippen molar-refractivity contribution in [2.75, 3.05) is 7.11 Å². The average Bonchev–Trinajstić information content (AvgIpc) is 3.14. The highest BCUT2D eigenvalue weighted by Crippen LogP contribution is 2.25. The Morgan fingerprint density at radius 3 is 2.71 bits per heavy atom. The lowest BCUT2D eigenvalue weighted by molar-refractivity contribution is 0.213. The minimum absolute atomic E-state index is 0.266. The van der Waals surface area contributed by atoms with E-state index in [0.717, 1.165) is 11.1 Å². The van der Waals surface area contributed by atoms with Crippen molar-refractivity contribution in [3.8, 4) is 5.75 Å². The van der Waals surface area contributed by atoms with Crippen molar-refractivity contribution in [2.45, 2.75) is 6.61 Å². The summed E-state index contributed by atoms with van der Waals surface area (Å²) in [6.45, 7) is 0.302. The molecular weight excluding hydrogens is 330 g/mol. The smallest absolute Gasteiger partial charge is 0.270 e. The van der Waals surface area contributed by atoms with Crippen molar-refractivity contribution >= 4 is 17.3 Å². The van der Waals surface area contributed by atoms with Gasteiger partial charge in [-0.2, -0.15) is 0 Å². The lowest BCUT2D eigenvalue weighted by Gasteiger charge is -2.11. The van der Waals surface area contributed by atoms with Crippen LogP contribution in [0.5, 0.6) is 5.75 Å². The molecule has 3 rings (SSSR count). The van der Waals surface area contributed by atoms with E-state index in [1.807, 2.05) is 42.5 Å². The number of aromatic nitrogens is 2. The minimum Gasteiger partial charge on any atom is -0.487 e. The summed E-state index contributed by atoms with van der Waals surface area (Å²) in [6.07, 6.45) is 1.24. The molecular formula is C17H14ClN3O3. The highest BCUT2D eigenvalue weighted by atomic mass is 35.5. The van der Waals surface area contributed by atoms with Gasteiger partial charge in [-0.05, 0) is 17.7 Å². The highest BCUT2D eigenvalue weighted by Gasteiger charge is 2.17. The first-order valence-corrected chi connectivity index (χ1v) is 7.50. The van der Waals surface area contributed by atoms with E-state index in [-0.39, 0.29) is 5.89 Å². The summed E-state index contributed by atoms with van der Waals surface area (Å²) in [7, 11) is 1.46. The fourth-order valence-electron chi connectivity index (χ4n) is 2.17. The van der Waals surface area contributed by atoms with Gasteiger partial charge in [0.25, 0.3) is 5.89 Å². The maximum absolute atomic E-state index is 6.12. The van der Waals surface area contributed by atoms with Gasteiger partial charge in [0.1, 0.15) is 19.5 Å². The van der Waals surface area contributed by atoms with Gasteiger partial charge in [-0.15, -0.1) is 10.2 Å². The van der Waals surface area contributed by atoms with Crippen LogP contribution in [0, 0.1) is 0 Å². The number of hydrogen-bond acceptors (Lipinski definition) is 6. The number of rotatable bonds is 6. The van der Waals surface area contributed by atoms with Gasteiger partial charge in [0, 0.05) is 5.56 Å². The number of nitrogens with zero attached hydrogens (tertiary/aromatic N) is 3. The second-order valence-electron chi connectivity index (χ2n) is 4.74. The summed E-state index contributed by atoms with van der Waals surface area (Å²) in [4.78, 5) is 4.92. The molecule has 0 unspecified atom stereocenters. The van der Waals surface area contributed by atoms with E-state index in [0.29, 0.717) is 23.1 Å². The van der Waals surface area contributed by atoms with Crippen molar-refractivity contribution < 1.29 is 14.0 Å². The normalized spacial score (nSPS) is 11.3. The zero-order valence-electron chi connectivity index (χ0n) is 12.8. The molecule has 0 aliphatic heterocycles. The molecule has 1 heterocycles. The molecule has 7 heteroatoms. The molecule has 0 amide bonds. The molecule has 3 aromatic rings. The largest absolute Gasteiger partial charge is 0.487 e. The van der Waals surface area contributed by atoms with Crippen LogP contribution in [0.15, 0.2) is 64.5 Å². The zero-order valence-corrected chi connectivity index (χ0v) is 13.6. The van der Waals surface area contributed by atoms with Crippen LogP contribution in [-0.4, -0.2) is 23.0 Å². The van der Waals surface area contributed by atoms with Crippen molar-refractivity contribution in [1.82, 2.24) is 10.2 Å². The van der Waals surface area contributed by atoms with E-state index in [1.165, 1.54) is 13.5 Å². The maximum atomic E-state index is 6.12. The predicted octanol–water partition coefficient (Wildman–Crippen LogP) is 3.70. The summed E-state index contributed by atoms with van der Waals surface area (Å²) in [5.74, 6) is 0.874. The molecule has 0 bridgehead atoms. The van der Waals surface area contributed by atoms with Gasteiger partial charge >= 0.3 is 0 Å². The zero-order chi connectivity index (χ0) is 16.8. The summed E-state index contributed by atoms with van der Waals surface area (Å²) >= 11 is 6.12. The van der Waals surface area contributed by atoms with Gasteiger partial charge in [-0.25, -0.2) is 0 Å². The Hall–Kier alpha value is -2.86. The van der Waals surface area contributed by atoms with Gasteiger partial charge < -0.3 is 14.0 Å². The van der Waals surface area contributed by atoms with Crippen molar-refractivity contribution in [1.29, 1.82) is 0 Å². The van der Waals surface area contributed by atoms with E-state index in [2.05, 4.69) is 15.4 Å². The van der Waals surface area contributed by atoms with Crippen molar-refractivity contribution in [3.63, 3.8) is 0 Å². The first-order chi connectivity index (χ1) is 11.8. The second kappa shape index (κ2) is 7.61. The lowest BCUT2D eigenvalue weighted by atomic mass is 10.0. The average molecular weight is 344 g/mol. The lowest BCUT2D eigenvalue weighted by Crippen LogP contribution is -2.10. The maximum Gasteiger partial charge on any atom is 0.270 e. The molecule has 0 fully saturated rings. The van der Waals surface area contributed by atoms with Crippen LogP contribution >= 0.6 is 11.6 Å². The topological polar surface area (TPSA) is 69.7 Å². The molecule has 6 nitrogen and oxygen atoms in total. The first-order valence-electron chi connectivity index (χ1n) is 7.13. The van der Waals surface area contributed by atoms with Crippen LogP contribution in [0.3, 0.4) is 0 Å². The number of para-hydroxylation sites is 1. The minimum atomic E-state index is 0.266. The third kappa shape index (κ3) is 3.55. The Labute approximate surface area is 143 Å². The second-order valence-corrected chi connectivity index (χ2v) is 5.15. The van der Waals surface area contributed by atoms with Crippen LogP contribution in [0.1, 0.15) is 17.0 Å². The van der Waals surface area contributed by atoms with Gasteiger partial charge in [0.2, 0.25) is 6.39 Å². The summed E-state index contributed by atoms with van der Waals surface area (Å²) in [5.41, 5.74) is 2.09. The Bertz CT molecular complexity index is 835. The number of hydrogen-bond donors (Lipinski definition) is 0. The van der Waals surface area contributed by atoms with Crippen LogP contribution in [0.25, 0.3) is 0 Å². The van der Waals surface area contributed by atoms with Gasteiger partial charge in [0.05, 0.1) is 5.02 Å². The molecule has 122 valence electrons. The number of halogens is 1. The predicted molar refractivity (Wildman–Crippen MR) is 89.2 cm³/mol. The molecule has 0 aliphatic carbocycles. The Morgan fingerprint density at radius 1 is 1.17 bits per heavy atom. The van der Waals surface area contributed by atoms with E-state index in [1.54, 1.807) is 6.07 Å². The van der Waals surface area contributed by atoms with Crippen LogP contribution in [0.2, 0.25) is 5.02 Å². The Morgan fingerprint density at radius 2 is 1.96 bits per heavy atom. The molecule has 0 radical (unpaired) electrons. The Kier molecular flexibility index (Phi) is 5.08. The molecule has 0 saturated heterocycles.